The van der Waals surface area contributed by atoms with Crippen LogP contribution in [0.4, 0.5) is 11.6 Å². The Morgan fingerprint density at radius 2 is 2.07 bits per heavy atom. The lowest BCUT2D eigenvalue weighted by molar-refractivity contribution is -0.127. The molecule has 3 heterocycles. The number of hydrogen-bond donors (Lipinski definition) is 1. The largest absolute Gasteiger partial charge is 0.339 e. The molecule has 2 aromatic heterocycles. The molecule has 0 radical (unpaired) electrons. The SMILES string of the molecule is Cc1cccc(Nc2cc([C@H]3CCCN(C(=O)/C=C/CN(C)C)C3)nc(C)n2)n1. The Morgan fingerprint density at radius 1 is 1.24 bits per heavy atom. The standard InChI is InChI=1S/C22H30N6O/c1-16-8-5-10-20(23-16)26-21-14-19(24-17(2)25-21)18-9-6-13-28(15-18)22(29)11-7-12-27(3)4/h5,7-8,10-11,14,18H,6,9,12-13,15H2,1-4H3,(H,23,24,25,26)/b11-7+/t18-/m0/s1. The zero-order chi connectivity index (χ0) is 20.8. The van der Waals surface area contributed by atoms with Gasteiger partial charge in [0.05, 0.1) is 5.69 Å². The van der Waals surface area contributed by atoms with Crippen LogP contribution >= 0.6 is 0 Å². The highest BCUT2D eigenvalue weighted by Gasteiger charge is 2.25. The molecule has 2 aromatic rings. The van der Waals surface area contributed by atoms with Gasteiger partial charge in [-0.1, -0.05) is 12.1 Å². The molecule has 0 unspecified atom stereocenters. The van der Waals surface area contributed by atoms with Crippen LogP contribution in [0, 0.1) is 13.8 Å². The molecule has 1 aliphatic heterocycles. The minimum absolute atomic E-state index is 0.0737. The normalized spacial score (nSPS) is 17.1. The number of carbonyl (C=O) groups excluding carboxylic acids is 1. The van der Waals surface area contributed by atoms with Crippen molar-refractivity contribution in [2.24, 2.45) is 0 Å². The predicted octanol–water partition coefficient (Wildman–Crippen LogP) is 3.06. The van der Waals surface area contributed by atoms with Gasteiger partial charge in [-0.25, -0.2) is 15.0 Å². The molecule has 0 saturated carbocycles. The van der Waals surface area contributed by atoms with E-state index in [1.165, 1.54) is 0 Å². The molecule has 1 amide bonds. The Bertz CT molecular complexity index is 879. The van der Waals surface area contributed by atoms with Crippen LogP contribution in [0.3, 0.4) is 0 Å². The highest BCUT2D eigenvalue weighted by atomic mass is 16.2. The van der Waals surface area contributed by atoms with Crippen LogP contribution in [0.25, 0.3) is 0 Å². The van der Waals surface area contributed by atoms with Gasteiger partial charge in [-0.15, -0.1) is 0 Å². The first-order valence-electron chi connectivity index (χ1n) is 10.1. The second-order valence-electron chi connectivity index (χ2n) is 7.80. The summed E-state index contributed by atoms with van der Waals surface area (Å²) in [5.74, 6) is 2.50. The number of nitrogens with zero attached hydrogens (tertiary/aromatic N) is 5. The molecule has 0 spiro atoms. The van der Waals surface area contributed by atoms with Crippen molar-refractivity contribution in [1.82, 2.24) is 24.8 Å². The lowest BCUT2D eigenvalue weighted by Gasteiger charge is -2.32. The lowest BCUT2D eigenvalue weighted by Crippen LogP contribution is -2.38. The molecular formula is C22H30N6O. The van der Waals surface area contributed by atoms with E-state index >= 15 is 0 Å². The van der Waals surface area contributed by atoms with Crippen LogP contribution < -0.4 is 5.32 Å². The van der Waals surface area contributed by atoms with E-state index in [0.717, 1.165) is 49.0 Å². The van der Waals surface area contributed by atoms with E-state index in [1.807, 2.05) is 68.1 Å². The number of anilines is 2. The molecule has 0 aromatic carbocycles. The molecule has 1 atom stereocenters. The van der Waals surface area contributed by atoms with Crippen LogP contribution in [0.1, 0.15) is 36.0 Å². The first-order chi connectivity index (χ1) is 13.9. The summed E-state index contributed by atoms with van der Waals surface area (Å²) in [5.41, 5.74) is 1.92. The van der Waals surface area contributed by atoms with Gasteiger partial charge in [0.25, 0.3) is 0 Å². The van der Waals surface area contributed by atoms with Crippen LogP contribution in [0.2, 0.25) is 0 Å². The van der Waals surface area contributed by atoms with E-state index in [-0.39, 0.29) is 11.8 Å². The molecule has 1 N–H and O–H groups in total. The molecule has 154 valence electrons. The predicted molar refractivity (Wildman–Crippen MR) is 115 cm³/mol. The van der Waals surface area contributed by atoms with Crippen molar-refractivity contribution in [2.75, 3.05) is 39.0 Å². The third-order valence-electron chi connectivity index (χ3n) is 4.88. The maximum absolute atomic E-state index is 12.5. The van der Waals surface area contributed by atoms with E-state index in [2.05, 4.69) is 20.3 Å². The van der Waals surface area contributed by atoms with Gasteiger partial charge in [-0.3, -0.25) is 4.79 Å². The Balaban J connectivity index is 1.71. The first-order valence-corrected chi connectivity index (χ1v) is 10.1. The zero-order valence-electron chi connectivity index (χ0n) is 17.7. The molecule has 1 fully saturated rings. The number of likely N-dealkylation sites (tertiary alicyclic amines) is 1. The summed E-state index contributed by atoms with van der Waals surface area (Å²) in [7, 11) is 3.97. The van der Waals surface area contributed by atoms with Crippen LogP contribution in [-0.4, -0.2) is 64.4 Å². The van der Waals surface area contributed by atoms with Gasteiger partial charge in [0.1, 0.15) is 17.5 Å². The molecule has 1 saturated heterocycles. The van der Waals surface area contributed by atoms with Gasteiger partial charge >= 0.3 is 0 Å². The number of aromatic nitrogens is 3. The van der Waals surface area contributed by atoms with Crippen molar-refractivity contribution in [2.45, 2.75) is 32.6 Å². The number of hydrogen-bond acceptors (Lipinski definition) is 6. The summed E-state index contributed by atoms with van der Waals surface area (Å²) in [6.45, 7) is 6.10. The number of piperidine rings is 1. The molecule has 3 rings (SSSR count). The smallest absolute Gasteiger partial charge is 0.246 e. The third-order valence-corrected chi connectivity index (χ3v) is 4.88. The monoisotopic (exact) mass is 394 g/mol. The topological polar surface area (TPSA) is 74.2 Å². The first kappa shape index (κ1) is 20.9. The van der Waals surface area contributed by atoms with Crippen molar-refractivity contribution >= 4 is 17.5 Å². The summed E-state index contributed by atoms with van der Waals surface area (Å²) >= 11 is 0. The van der Waals surface area contributed by atoms with Gasteiger partial charge in [-0.2, -0.15) is 0 Å². The van der Waals surface area contributed by atoms with E-state index in [4.69, 9.17) is 0 Å². The summed E-state index contributed by atoms with van der Waals surface area (Å²) in [5, 5.41) is 3.28. The van der Waals surface area contributed by atoms with Crippen molar-refractivity contribution in [3.8, 4) is 0 Å². The van der Waals surface area contributed by atoms with Crippen molar-refractivity contribution in [3.63, 3.8) is 0 Å². The number of aryl methyl sites for hydroxylation is 2. The van der Waals surface area contributed by atoms with Crippen molar-refractivity contribution in [3.05, 3.63) is 53.6 Å². The van der Waals surface area contributed by atoms with Gasteiger partial charge in [0, 0.05) is 43.4 Å². The maximum atomic E-state index is 12.5. The van der Waals surface area contributed by atoms with E-state index in [0.29, 0.717) is 12.4 Å². The fourth-order valence-corrected chi connectivity index (χ4v) is 3.50. The Labute approximate surface area is 172 Å². The molecule has 1 aliphatic rings. The summed E-state index contributed by atoms with van der Waals surface area (Å²) in [6.07, 6.45) is 5.59. The van der Waals surface area contributed by atoms with Gasteiger partial charge in [-0.05, 0) is 52.9 Å². The molecule has 29 heavy (non-hydrogen) atoms. The van der Waals surface area contributed by atoms with Crippen LogP contribution in [0.15, 0.2) is 36.4 Å². The number of pyridine rings is 1. The second kappa shape index (κ2) is 9.60. The van der Waals surface area contributed by atoms with Crippen molar-refractivity contribution < 1.29 is 4.79 Å². The molecule has 7 nitrogen and oxygen atoms in total. The molecular weight excluding hydrogens is 364 g/mol. The highest BCUT2D eigenvalue weighted by molar-refractivity contribution is 5.87. The number of likely N-dealkylation sites (N-methyl/N-ethyl adjacent to an activating group) is 1. The van der Waals surface area contributed by atoms with E-state index < -0.39 is 0 Å². The average Bonchev–Trinajstić information content (AvgIpc) is 2.67. The molecule has 7 heteroatoms. The fourth-order valence-electron chi connectivity index (χ4n) is 3.50. The van der Waals surface area contributed by atoms with Crippen molar-refractivity contribution in [1.29, 1.82) is 0 Å². The third kappa shape index (κ3) is 6.09. The summed E-state index contributed by atoms with van der Waals surface area (Å²) < 4.78 is 0. The number of rotatable bonds is 6. The van der Waals surface area contributed by atoms with E-state index in [9.17, 15) is 4.79 Å². The summed E-state index contributed by atoms with van der Waals surface area (Å²) in [4.78, 5) is 30.1. The number of carbonyl (C=O) groups is 1. The lowest BCUT2D eigenvalue weighted by atomic mass is 9.94. The zero-order valence-corrected chi connectivity index (χ0v) is 17.7. The average molecular weight is 395 g/mol. The quantitative estimate of drug-likeness (QED) is 0.759. The van der Waals surface area contributed by atoms with Gasteiger partial charge in [0.15, 0.2) is 0 Å². The Kier molecular flexibility index (Phi) is 6.93. The summed E-state index contributed by atoms with van der Waals surface area (Å²) in [6, 6.07) is 7.83. The minimum Gasteiger partial charge on any atom is -0.339 e. The second-order valence-corrected chi connectivity index (χ2v) is 7.80. The number of nitrogens with one attached hydrogen (secondary N) is 1. The molecule has 0 aliphatic carbocycles. The molecule has 0 bridgehead atoms. The Morgan fingerprint density at radius 3 is 2.83 bits per heavy atom. The minimum atomic E-state index is 0.0737. The Hall–Kier alpha value is -2.80. The van der Waals surface area contributed by atoms with Crippen LogP contribution in [-0.2, 0) is 4.79 Å². The van der Waals surface area contributed by atoms with Gasteiger partial charge < -0.3 is 15.1 Å². The van der Waals surface area contributed by atoms with Gasteiger partial charge in [0.2, 0.25) is 5.91 Å². The highest BCUT2D eigenvalue weighted by Crippen LogP contribution is 2.27. The maximum Gasteiger partial charge on any atom is 0.246 e. The van der Waals surface area contributed by atoms with Crippen LogP contribution in [0.5, 0.6) is 0 Å². The van der Waals surface area contributed by atoms with E-state index in [1.54, 1.807) is 6.08 Å². The number of amides is 1. The fraction of sp³-hybridized carbons (Fsp3) is 0.455.